The van der Waals surface area contributed by atoms with Crippen LogP contribution in [0.5, 0.6) is 0 Å². The lowest BCUT2D eigenvalue weighted by Crippen LogP contribution is -2.33. The second-order valence-electron chi connectivity index (χ2n) is 8.79. The Kier molecular flexibility index (Phi) is 8.94. The zero-order valence-electron chi connectivity index (χ0n) is 20.3. The standard InChI is InChI=1S/C20H32N5O10P2/c1-3-4-5-6-12-7-13(12)8-33-37(30,31-2)35-36(28,29)32-9-14-16(26)17(27)20(34-14)25-11-24-15-18(21)22-10-23-19(15)25/h4-5,10-14,16-17,20,26-29H,3,6-9H2,1-2H3,(H2,21,22,23)/q+1/b5-4+/t12?,13-,14+,16?,17?,20+,37?/m0/s1. The number of aliphatic hydroxyl groups is 2. The number of nitrogen functional groups attached to an aromatic ring is 1. The molecule has 37 heavy (non-hydrogen) atoms. The van der Waals surface area contributed by atoms with E-state index in [-0.39, 0.29) is 29.5 Å². The highest BCUT2D eigenvalue weighted by Crippen LogP contribution is 2.68. The van der Waals surface area contributed by atoms with Crippen LogP contribution in [0.15, 0.2) is 24.8 Å². The lowest BCUT2D eigenvalue weighted by molar-refractivity contribution is -0.0524. The van der Waals surface area contributed by atoms with Gasteiger partial charge >= 0.3 is 16.0 Å². The first-order valence-corrected chi connectivity index (χ1v) is 14.7. The van der Waals surface area contributed by atoms with Gasteiger partial charge in [0.2, 0.25) is 0 Å². The van der Waals surface area contributed by atoms with Gasteiger partial charge in [-0.05, 0) is 35.4 Å². The van der Waals surface area contributed by atoms with E-state index in [1.165, 1.54) is 17.2 Å². The number of phosphoric ester groups is 1. The van der Waals surface area contributed by atoms with Crippen LogP contribution < -0.4 is 5.73 Å². The van der Waals surface area contributed by atoms with E-state index < -0.39 is 47.1 Å². The van der Waals surface area contributed by atoms with Gasteiger partial charge in [-0.1, -0.05) is 19.1 Å². The third-order valence-corrected chi connectivity index (χ3v) is 9.24. The third-order valence-electron chi connectivity index (χ3n) is 6.19. The van der Waals surface area contributed by atoms with Gasteiger partial charge in [-0.3, -0.25) is 13.6 Å². The Morgan fingerprint density at radius 1 is 1.22 bits per heavy atom. The Morgan fingerprint density at radius 2 is 2.00 bits per heavy atom. The van der Waals surface area contributed by atoms with Crippen LogP contribution in [0.4, 0.5) is 5.82 Å². The lowest BCUT2D eigenvalue weighted by atomic mass is 10.1. The van der Waals surface area contributed by atoms with Crippen molar-refractivity contribution in [3.8, 4) is 0 Å². The number of phosphoric acid groups is 1. The molecule has 3 heterocycles. The molecule has 0 radical (unpaired) electrons. The van der Waals surface area contributed by atoms with E-state index in [0.717, 1.165) is 26.4 Å². The highest BCUT2D eigenvalue weighted by Gasteiger charge is 2.54. The molecular formula is C20H32N5O10P2+. The van der Waals surface area contributed by atoms with Crippen LogP contribution in [0.2, 0.25) is 0 Å². The van der Waals surface area contributed by atoms with Crippen LogP contribution in [0.25, 0.3) is 11.2 Å². The Hall–Kier alpha value is -1.61. The Balaban J connectivity index is 1.31. The van der Waals surface area contributed by atoms with Crippen molar-refractivity contribution in [1.82, 2.24) is 19.5 Å². The van der Waals surface area contributed by atoms with Gasteiger partial charge in [0.15, 0.2) is 17.7 Å². The number of anilines is 1. The van der Waals surface area contributed by atoms with Gasteiger partial charge in [0.25, 0.3) is 0 Å². The summed E-state index contributed by atoms with van der Waals surface area (Å²) in [4.78, 5) is 32.5. The summed E-state index contributed by atoms with van der Waals surface area (Å²) < 4.78 is 39.7. The normalized spacial score (nSPS) is 29.8. The topological polar surface area (TPSA) is 214 Å². The fourth-order valence-corrected chi connectivity index (χ4v) is 6.52. The summed E-state index contributed by atoms with van der Waals surface area (Å²) in [6, 6.07) is 0. The van der Waals surface area contributed by atoms with Gasteiger partial charge in [-0.2, -0.15) is 14.3 Å². The van der Waals surface area contributed by atoms with Crippen molar-refractivity contribution in [3.05, 3.63) is 24.8 Å². The predicted molar refractivity (Wildman–Crippen MR) is 130 cm³/mol. The number of hydrogen-bond acceptors (Lipinski definition) is 14. The van der Waals surface area contributed by atoms with Crippen LogP contribution in [0.1, 0.15) is 32.4 Å². The molecule has 2 fully saturated rings. The fourth-order valence-electron chi connectivity index (χ4n) is 4.01. The Morgan fingerprint density at radius 3 is 2.73 bits per heavy atom. The molecule has 0 amide bonds. The van der Waals surface area contributed by atoms with Crippen LogP contribution in [-0.4, -0.2) is 78.2 Å². The second kappa shape index (κ2) is 11.6. The molecule has 4 rings (SSSR count). The summed E-state index contributed by atoms with van der Waals surface area (Å²) in [5.41, 5.74) is 6.32. The van der Waals surface area contributed by atoms with E-state index in [4.69, 9.17) is 28.4 Å². The molecule has 2 aromatic heterocycles. The number of nitrogens with zero attached hydrogens (tertiary/aromatic N) is 4. The van der Waals surface area contributed by atoms with Gasteiger partial charge < -0.3 is 20.7 Å². The van der Waals surface area contributed by atoms with Crippen molar-refractivity contribution in [2.24, 2.45) is 11.8 Å². The molecule has 1 saturated carbocycles. The SMILES string of the molecule is CC/C=C/CC1C[C@H]1COP(=O)(OC)O[P+](O)(O)OC[C@H]1O[C@@H](n2cnc3c(N)ncnc32)C(O)C1O. The Labute approximate surface area is 213 Å². The minimum atomic E-state index is -4.73. The molecule has 0 bridgehead atoms. The number of aliphatic hydroxyl groups excluding tert-OH is 2. The van der Waals surface area contributed by atoms with Gasteiger partial charge in [-0.25, -0.2) is 19.5 Å². The molecule has 0 spiro atoms. The molecule has 15 nitrogen and oxygen atoms in total. The predicted octanol–water partition coefficient (Wildman–Crippen LogP) is 1.49. The van der Waals surface area contributed by atoms with Crippen molar-refractivity contribution < 1.29 is 47.2 Å². The average molecular weight is 564 g/mol. The summed E-state index contributed by atoms with van der Waals surface area (Å²) in [6.07, 6.45) is 4.12. The molecule has 0 aromatic carbocycles. The highest BCUT2D eigenvalue weighted by molar-refractivity contribution is 7.65. The smallest absolute Gasteiger partial charge is 0.387 e. The number of hydrogen-bond donors (Lipinski definition) is 5. The number of rotatable bonds is 13. The van der Waals surface area contributed by atoms with Crippen molar-refractivity contribution in [2.45, 2.75) is 50.7 Å². The highest BCUT2D eigenvalue weighted by atomic mass is 31.3. The first-order valence-electron chi connectivity index (χ1n) is 11.7. The monoisotopic (exact) mass is 564 g/mol. The summed E-state index contributed by atoms with van der Waals surface area (Å²) >= 11 is 0. The molecule has 206 valence electrons. The largest absolute Gasteiger partial charge is 0.580 e. The lowest BCUT2D eigenvalue weighted by Gasteiger charge is -2.18. The minimum Gasteiger partial charge on any atom is -0.387 e. The van der Waals surface area contributed by atoms with E-state index in [1.807, 2.05) is 6.92 Å². The summed E-state index contributed by atoms with van der Waals surface area (Å²) in [5.74, 6) is 0.669. The molecule has 2 aliphatic rings. The summed E-state index contributed by atoms with van der Waals surface area (Å²) in [5, 5.41) is 20.9. The maximum Gasteiger partial charge on any atom is 0.580 e. The van der Waals surface area contributed by atoms with Crippen LogP contribution in [-0.2, 0) is 27.2 Å². The van der Waals surface area contributed by atoms with Crippen molar-refractivity contribution >= 4 is 33.0 Å². The van der Waals surface area contributed by atoms with Crippen molar-refractivity contribution in [3.63, 3.8) is 0 Å². The number of ether oxygens (including phenoxy) is 1. The van der Waals surface area contributed by atoms with E-state index >= 15 is 0 Å². The van der Waals surface area contributed by atoms with Crippen molar-refractivity contribution in [2.75, 3.05) is 26.1 Å². The molecule has 1 saturated heterocycles. The van der Waals surface area contributed by atoms with E-state index in [0.29, 0.717) is 5.92 Å². The molecule has 1 aliphatic heterocycles. The maximum absolute atomic E-state index is 12.8. The molecule has 2 aromatic rings. The van der Waals surface area contributed by atoms with E-state index in [9.17, 15) is 24.6 Å². The molecule has 4 unspecified atom stereocenters. The molecular weight excluding hydrogens is 532 g/mol. The molecule has 1 aliphatic carbocycles. The van der Waals surface area contributed by atoms with E-state index in [2.05, 4.69) is 27.1 Å². The third kappa shape index (κ3) is 6.70. The van der Waals surface area contributed by atoms with Gasteiger partial charge in [-0.15, -0.1) is 0 Å². The number of fused-ring (bicyclic) bond motifs is 1. The quantitative estimate of drug-likeness (QED) is 0.172. The summed E-state index contributed by atoms with van der Waals surface area (Å²) in [7, 11) is -8.04. The maximum atomic E-state index is 12.8. The zero-order chi connectivity index (χ0) is 26.8. The number of nitrogens with two attached hydrogens (primary N) is 1. The van der Waals surface area contributed by atoms with E-state index in [1.54, 1.807) is 0 Å². The summed E-state index contributed by atoms with van der Waals surface area (Å²) in [6.45, 7) is 1.48. The average Bonchev–Trinajstić information content (AvgIpc) is 3.37. The minimum absolute atomic E-state index is 0.0566. The van der Waals surface area contributed by atoms with Gasteiger partial charge in [0.1, 0.15) is 36.8 Å². The van der Waals surface area contributed by atoms with Crippen molar-refractivity contribution in [1.29, 1.82) is 0 Å². The van der Waals surface area contributed by atoms with Crippen LogP contribution >= 0.6 is 16.0 Å². The molecule has 6 N–H and O–H groups in total. The number of imidazole rings is 1. The Bertz CT molecular complexity index is 1150. The van der Waals surface area contributed by atoms with Crippen LogP contribution in [0.3, 0.4) is 0 Å². The fraction of sp³-hybridized carbons (Fsp3) is 0.650. The zero-order valence-corrected chi connectivity index (χ0v) is 22.1. The first-order chi connectivity index (χ1) is 17.6. The van der Waals surface area contributed by atoms with Gasteiger partial charge in [0.05, 0.1) is 12.9 Å². The molecule has 7 atom stereocenters. The van der Waals surface area contributed by atoms with Gasteiger partial charge in [0, 0.05) is 7.11 Å². The number of allylic oxidation sites excluding steroid dienone is 2. The number of aromatic nitrogens is 4. The first kappa shape index (κ1) is 28.4. The second-order valence-corrected chi connectivity index (χ2v) is 12.2. The van der Waals surface area contributed by atoms with Crippen LogP contribution in [0, 0.1) is 11.8 Å². The molecule has 17 heteroatoms.